The highest BCUT2D eigenvalue weighted by Gasteiger charge is 2.56. The molecule has 0 aliphatic carbocycles. The Labute approximate surface area is 234 Å². The normalized spacial score (nSPS) is 33.1. The molecule has 0 aromatic rings. The Hall–Kier alpha value is -3.38. The third-order valence-electron chi connectivity index (χ3n) is 5.63. The fourth-order valence-electron chi connectivity index (χ4n) is 4.17. The van der Waals surface area contributed by atoms with Crippen LogP contribution in [0.2, 0.25) is 0 Å². The quantitative estimate of drug-likeness (QED) is 0.206. The molecule has 0 amide bonds. The van der Waals surface area contributed by atoms with Gasteiger partial charge in [-0.15, -0.1) is 0 Å². The number of ether oxygens (including phenoxy) is 9. The Morgan fingerprint density at radius 1 is 0.537 bits per heavy atom. The van der Waals surface area contributed by atoms with Crippen LogP contribution in [0.15, 0.2) is 0 Å². The number of carbonyl (C=O) groups excluding carboxylic acids is 6. The highest BCUT2D eigenvalue weighted by Crippen LogP contribution is 2.33. The summed E-state index contributed by atoms with van der Waals surface area (Å²) in [5.74, 6) is -5.07. The van der Waals surface area contributed by atoms with Crippen LogP contribution in [-0.4, -0.2) is 121 Å². The Bertz CT molecular complexity index is 981. The smallest absolute Gasteiger partial charge is 0.303 e. The van der Waals surface area contributed by atoms with E-state index in [9.17, 15) is 39.0 Å². The lowest BCUT2D eigenvalue weighted by Crippen LogP contribution is -2.66. The van der Waals surface area contributed by atoms with Crippen LogP contribution in [0.3, 0.4) is 0 Å². The van der Waals surface area contributed by atoms with Gasteiger partial charge < -0.3 is 52.8 Å². The van der Waals surface area contributed by atoms with Crippen LogP contribution in [0.4, 0.5) is 0 Å². The third-order valence-corrected chi connectivity index (χ3v) is 5.63. The van der Waals surface area contributed by atoms with E-state index in [-0.39, 0.29) is 0 Å². The fraction of sp³-hybridized carbons (Fsp3) is 0.750. The average molecular weight is 595 g/mol. The van der Waals surface area contributed by atoms with Crippen molar-refractivity contribution in [3.63, 3.8) is 0 Å². The van der Waals surface area contributed by atoms with Crippen LogP contribution in [0.25, 0.3) is 0 Å². The largest absolute Gasteiger partial charge is 0.463 e. The molecule has 0 unspecified atom stereocenters. The Balaban J connectivity index is 2.57. The molecule has 2 saturated heterocycles. The lowest BCUT2D eigenvalue weighted by molar-refractivity contribution is -0.357. The molecule has 2 rings (SSSR count). The van der Waals surface area contributed by atoms with E-state index in [2.05, 4.69) is 0 Å². The van der Waals surface area contributed by atoms with Crippen molar-refractivity contribution in [1.29, 1.82) is 0 Å². The number of carbonyl (C=O) groups is 6. The van der Waals surface area contributed by atoms with Crippen molar-refractivity contribution >= 4 is 35.8 Å². The first kappa shape index (κ1) is 33.8. The zero-order valence-electron chi connectivity index (χ0n) is 23.2. The topological polar surface area (TPSA) is 226 Å². The second-order valence-corrected chi connectivity index (χ2v) is 9.10. The first-order chi connectivity index (χ1) is 19.1. The zero-order chi connectivity index (χ0) is 31.0. The molecule has 17 nitrogen and oxygen atoms in total. The second-order valence-electron chi connectivity index (χ2n) is 9.10. The van der Waals surface area contributed by atoms with Crippen molar-refractivity contribution in [2.75, 3.05) is 13.2 Å². The molecule has 0 bridgehead atoms. The van der Waals surface area contributed by atoms with E-state index in [1.165, 1.54) is 0 Å². The molecule has 2 aliphatic rings. The molecule has 0 radical (unpaired) electrons. The molecule has 0 aromatic heterocycles. The van der Waals surface area contributed by atoms with Gasteiger partial charge in [-0.25, -0.2) is 0 Å². The number of esters is 6. The van der Waals surface area contributed by atoms with Gasteiger partial charge in [0.05, 0.1) is 0 Å². The first-order valence-corrected chi connectivity index (χ1v) is 12.4. The maximum atomic E-state index is 12.0. The summed E-state index contributed by atoms with van der Waals surface area (Å²) in [5, 5.41) is 21.4. The minimum absolute atomic E-state index is 0.554. The molecule has 2 heterocycles. The van der Waals surface area contributed by atoms with E-state index in [0.29, 0.717) is 0 Å². The summed E-state index contributed by atoms with van der Waals surface area (Å²) in [6.07, 6.45) is -16.3. The molecule has 0 spiro atoms. The van der Waals surface area contributed by atoms with Gasteiger partial charge in [0, 0.05) is 41.5 Å². The van der Waals surface area contributed by atoms with Crippen LogP contribution in [0.1, 0.15) is 41.5 Å². The molecule has 10 atom stereocenters. The number of aliphatic hydroxyl groups is 2. The van der Waals surface area contributed by atoms with Crippen LogP contribution in [0.5, 0.6) is 0 Å². The first-order valence-electron chi connectivity index (χ1n) is 12.4. The van der Waals surface area contributed by atoms with Crippen LogP contribution in [-0.2, 0) is 71.4 Å². The van der Waals surface area contributed by atoms with Crippen molar-refractivity contribution in [2.24, 2.45) is 0 Å². The Morgan fingerprint density at radius 3 is 1.46 bits per heavy atom. The number of hydrogen-bond donors (Lipinski definition) is 2. The van der Waals surface area contributed by atoms with Crippen molar-refractivity contribution in [3.05, 3.63) is 0 Å². The maximum Gasteiger partial charge on any atom is 0.303 e. The number of hydrogen-bond acceptors (Lipinski definition) is 17. The van der Waals surface area contributed by atoms with E-state index in [4.69, 9.17) is 42.6 Å². The molecule has 17 heteroatoms. The highest BCUT2D eigenvalue weighted by atomic mass is 16.8. The predicted molar refractivity (Wildman–Crippen MR) is 126 cm³/mol. The van der Waals surface area contributed by atoms with Gasteiger partial charge in [0.2, 0.25) is 0 Å². The summed E-state index contributed by atoms with van der Waals surface area (Å²) >= 11 is 0. The molecule has 232 valence electrons. The molecular formula is C24H34O17. The lowest BCUT2D eigenvalue weighted by Gasteiger charge is -2.47. The van der Waals surface area contributed by atoms with Gasteiger partial charge in [0.15, 0.2) is 37.0 Å². The van der Waals surface area contributed by atoms with Gasteiger partial charge in [-0.1, -0.05) is 0 Å². The van der Waals surface area contributed by atoms with E-state index in [1.54, 1.807) is 0 Å². The summed E-state index contributed by atoms with van der Waals surface area (Å²) in [6, 6.07) is 0. The summed E-state index contributed by atoms with van der Waals surface area (Å²) in [6.45, 7) is 5.14. The summed E-state index contributed by atoms with van der Waals surface area (Å²) in [5.41, 5.74) is 0. The van der Waals surface area contributed by atoms with E-state index < -0.39 is 110 Å². The standard InChI is InChI=1S/C24H34O17/c1-9(25)33-7-15-17(31)19(35-11(3)27)22(38-14(6)30)24(40-15)41-18-16(8-34-10(2)26)39-23(32)21(37-13(5)29)20(18)36-12(4)28/h15-24,31-32H,7-8H2,1-6H3/t15-,16-,17+,18-,19+,20+,21-,22-,23+,24+/m1/s1. The number of rotatable bonds is 10. The van der Waals surface area contributed by atoms with Crippen molar-refractivity contribution < 1.29 is 81.6 Å². The third kappa shape index (κ3) is 9.89. The van der Waals surface area contributed by atoms with Crippen molar-refractivity contribution in [3.8, 4) is 0 Å². The minimum atomic E-state index is -1.88. The second kappa shape index (κ2) is 15.0. The average Bonchev–Trinajstić information content (AvgIpc) is 2.83. The van der Waals surface area contributed by atoms with Gasteiger partial charge in [0.1, 0.15) is 37.6 Å². The van der Waals surface area contributed by atoms with Crippen molar-refractivity contribution in [2.45, 2.75) is 103 Å². The molecular weight excluding hydrogens is 560 g/mol. The molecule has 2 N–H and O–H groups in total. The van der Waals surface area contributed by atoms with Gasteiger partial charge >= 0.3 is 35.8 Å². The van der Waals surface area contributed by atoms with Gasteiger partial charge in [0.25, 0.3) is 0 Å². The fourth-order valence-corrected chi connectivity index (χ4v) is 4.17. The van der Waals surface area contributed by atoms with Gasteiger partial charge in [-0.05, 0) is 0 Å². The van der Waals surface area contributed by atoms with E-state index >= 15 is 0 Å². The minimum Gasteiger partial charge on any atom is -0.463 e. The zero-order valence-corrected chi connectivity index (χ0v) is 23.2. The number of aliphatic hydroxyl groups excluding tert-OH is 2. The predicted octanol–water partition coefficient (Wildman–Crippen LogP) is -1.97. The molecule has 41 heavy (non-hydrogen) atoms. The Morgan fingerprint density at radius 2 is 0.976 bits per heavy atom. The van der Waals surface area contributed by atoms with E-state index in [1.807, 2.05) is 0 Å². The summed E-state index contributed by atoms with van der Waals surface area (Å²) in [7, 11) is 0. The summed E-state index contributed by atoms with van der Waals surface area (Å²) < 4.78 is 48.0. The van der Waals surface area contributed by atoms with Crippen LogP contribution in [0, 0.1) is 0 Å². The van der Waals surface area contributed by atoms with Gasteiger partial charge in [-0.2, -0.15) is 0 Å². The Kier molecular flexibility index (Phi) is 12.4. The SMILES string of the molecule is CC(=O)OC[C@H]1O[C@@H](O[C@H]2[C@H](OC(C)=O)[C@@H](OC(C)=O)[C@@H](O)O[C@@H]2COC(C)=O)[C@H](OC(C)=O)[C@@H](OC(C)=O)[C@H]1O. The molecule has 0 saturated carbocycles. The molecule has 2 aliphatic heterocycles. The van der Waals surface area contributed by atoms with E-state index in [0.717, 1.165) is 41.5 Å². The molecule has 2 fully saturated rings. The lowest BCUT2D eigenvalue weighted by atomic mass is 9.96. The van der Waals surface area contributed by atoms with Crippen LogP contribution >= 0.6 is 0 Å². The highest BCUT2D eigenvalue weighted by molar-refractivity contribution is 5.68. The van der Waals surface area contributed by atoms with Gasteiger partial charge in [-0.3, -0.25) is 28.8 Å². The van der Waals surface area contributed by atoms with Crippen LogP contribution < -0.4 is 0 Å². The monoisotopic (exact) mass is 594 g/mol. The molecule has 0 aromatic carbocycles. The summed E-state index contributed by atoms with van der Waals surface area (Å²) in [4.78, 5) is 70.6. The van der Waals surface area contributed by atoms with Crippen molar-refractivity contribution in [1.82, 2.24) is 0 Å². The maximum absolute atomic E-state index is 12.0.